The summed E-state index contributed by atoms with van der Waals surface area (Å²) in [5.41, 5.74) is 0. The second-order valence-corrected chi connectivity index (χ2v) is 4.90. The first-order chi connectivity index (χ1) is 6.75. The van der Waals surface area contributed by atoms with Crippen LogP contribution in [0.5, 0.6) is 0 Å². The molecule has 0 N–H and O–H groups in total. The van der Waals surface area contributed by atoms with Gasteiger partial charge in [0.15, 0.2) is 9.49 Å². The molecule has 2 rings (SSSR count). The second-order valence-electron chi connectivity index (χ2n) is 2.08. The Balaban J connectivity index is 2.28. The first kappa shape index (κ1) is 10.1. The van der Waals surface area contributed by atoms with Crippen molar-refractivity contribution in [3.63, 3.8) is 0 Å². The molecule has 0 spiro atoms. The van der Waals surface area contributed by atoms with E-state index in [0.717, 1.165) is 4.34 Å². The lowest BCUT2D eigenvalue weighted by molar-refractivity contribution is 0.904. The Kier molecular flexibility index (Phi) is 3.17. The topological polar surface area (TPSA) is 51.6 Å². The van der Waals surface area contributed by atoms with Crippen LogP contribution in [0.15, 0.2) is 20.9 Å². The molecule has 0 aliphatic heterocycles. The SMILES string of the molecule is Clc1nnc(Cl)c(Sc2nccs2)n1. The highest BCUT2D eigenvalue weighted by molar-refractivity contribution is 8.01. The minimum absolute atomic E-state index is 0.0773. The van der Waals surface area contributed by atoms with Crippen LogP contribution in [0.3, 0.4) is 0 Å². The first-order valence-electron chi connectivity index (χ1n) is 3.39. The van der Waals surface area contributed by atoms with Crippen LogP contribution in [0.2, 0.25) is 10.4 Å². The molecule has 14 heavy (non-hydrogen) atoms. The van der Waals surface area contributed by atoms with Gasteiger partial charge in [-0.1, -0.05) is 11.6 Å². The highest BCUT2D eigenvalue weighted by Gasteiger charge is 2.09. The normalized spacial score (nSPS) is 10.4. The molecular weight excluding hydrogens is 263 g/mol. The van der Waals surface area contributed by atoms with Crippen molar-refractivity contribution in [2.75, 3.05) is 0 Å². The van der Waals surface area contributed by atoms with Gasteiger partial charge in [0.05, 0.1) is 0 Å². The van der Waals surface area contributed by atoms with Crippen LogP contribution in [0, 0.1) is 0 Å². The zero-order chi connectivity index (χ0) is 9.97. The molecule has 0 atom stereocenters. The standard InChI is InChI=1S/C6H2Cl2N4S2/c7-3-4(10-5(8)12-11-3)14-6-9-1-2-13-6/h1-2H. The van der Waals surface area contributed by atoms with Crippen LogP contribution in [-0.4, -0.2) is 20.2 Å². The Hall–Kier alpha value is -0.430. The van der Waals surface area contributed by atoms with Crippen molar-refractivity contribution >= 4 is 46.3 Å². The summed E-state index contributed by atoms with van der Waals surface area (Å²) in [4.78, 5) is 8.01. The van der Waals surface area contributed by atoms with Crippen molar-refractivity contribution in [3.8, 4) is 0 Å². The summed E-state index contributed by atoms with van der Waals surface area (Å²) in [6.45, 7) is 0. The maximum Gasteiger partial charge on any atom is 0.244 e. The lowest BCUT2D eigenvalue weighted by Gasteiger charge is -1.97. The number of rotatable bonds is 2. The number of thiazole rings is 1. The Morgan fingerprint density at radius 3 is 2.86 bits per heavy atom. The van der Waals surface area contributed by atoms with Gasteiger partial charge in [-0.3, -0.25) is 0 Å². The molecule has 0 aliphatic carbocycles. The summed E-state index contributed by atoms with van der Waals surface area (Å²) < 4.78 is 0.837. The fraction of sp³-hybridized carbons (Fsp3) is 0. The van der Waals surface area contributed by atoms with E-state index in [1.54, 1.807) is 6.20 Å². The van der Waals surface area contributed by atoms with Crippen molar-refractivity contribution in [2.45, 2.75) is 9.37 Å². The smallest absolute Gasteiger partial charge is 0.238 e. The van der Waals surface area contributed by atoms with Crippen molar-refractivity contribution < 1.29 is 0 Å². The molecule has 8 heteroatoms. The maximum atomic E-state index is 5.77. The highest BCUT2D eigenvalue weighted by Crippen LogP contribution is 2.31. The van der Waals surface area contributed by atoms with Crippen LogP contribution >= 0.6 is 46.3 Å². The highest BCUT2D eigenvalue weighted by atomic mass is 35.5. The first-order valence-corrected chi connectivity index (χ1v) is 5.84. The molecule has 0 bridgehead atoms. The Bertz CT molecular complexity index is 433. The summed E-state index contributed by atoms with van der Waals surface area (Å²) in [5.74, 6) is 0. The minimum Gasteiger partial charge on any atom is -0.238 e. The quantitative estimate of drug-likeness (QED) is 0.835. The third-order valence-electron chi connectivity index (χ3n) is 1.18. The van der Waals surface area contributed by atoms with Gasteiger partial charge >= 0.3 is 0 Å². The van der Waals surface area contributed by atoms with E-state index in [-0.39, 0.29) is 10.4 Å². The average molecular weight is 265 g/mol. The van der Waals surface area contributed by atoms with E-state index in [4.69, 9.17) is 23.2 Å². The molecule has 0 fully saturated rings. The Labute approximate surface area is 97.7 Å². The zero-order valence-electron chi connectivity index (χ0n) is 6.52. The maximum absolute atomic E-state index is 5.77. The fourth-order valence-corrected chi connectivity index (χ4v) is 2.55. The summed E-state index contributed by atoms with van der Waals surface area (Å²) in [6.07, 6.45) is 1.71. The van der Waals surface area contributed by atoms with Gasteiger partial charge in [0.2, 0.25) is 5.28 Å². The minimum atomic E-state index is 0.0773. The van der Waals surface area contributed by atoms with Gasteiger partial charge < -0.3 is 0 Å². The third-order valence-corrected chi connectivity index (χ3v) is 3.57. The summed E-state index contributed by atoms with van der Waals surface area (Å²) in [6, 6.07) is 0. The van der Waals surface area contributed by atoms with Crippen LogP contribution in [0.1, 0.15) is 0 Å². The molecule has 0 saturated heterocycles. The predicted octanol–water partition coefficient (Wildman–Crippen LogP) is 2.79. The fourth-order valence-electron chi connectivity index (χ4n) is 0.689. The Morgan fingerprint density at radius 2 is 2.14 bits per heavy atom. The van der Waals surface area contributed by atoms with Gasteiger partial charge in [0.1, 0.15) is 5.03 Å². The molecule has 2 heterocycles. The molecule has 0 radical (unpaired) electrons. The van der Waals surface area contributed by atoms with Gasteiger partial charge in [-0.2, -0.15) is 0 Å². The van der Waals surface area contributed by atoms with E-state index in [2.05, 4.69) is 20.2 Å². The number of nitrogens with zero attached hydrogens (tertiary/aromatic N) is 4. The monoisotopic (exact) mass is 264 g/mol. The number of hydrogen-bond donors (Lipinski definition) is 0. The third kappa shape index (κ3) is 2.33. The van der Waals surface area contributed by atoms with Crippen molar-refractivity contribution in [2.24, 2.45) is 0 Å². The van der Waals surface area contributed by atoms with Gasteiger partial charge in [-0.25, -0.2) is 9.97 Å². The number of aromatic nitrogens is 4. The molecule has 4 nitrogen and oxygen atoms in total. The van der Waals surface area contributed by atoms with Crippen molar-refractivity contribution in [1.29, 1.82) is 0 Å². The molecular formula is C6H2Cl2N4S2. The lowest BCUT2D eigenvalue weighted by atomic mass is 10.9. The van der Waals surface area contributed by atoms with Crippen molar-refractivity contribution in [1.82, 2.24) is 20.2 Å². The van der Waals surface area contributed by atoms with E-state index in [1.165, 1.54) is 23.1 Å². The van der Waals surface area contributed by atoms with E-state index in [9.17, 15) is 0 Å². The lowest BCUT2D eigenvalue weighted by Crippen LogP contribution is -1.91. The summed E-state index contributed by atoms with van der Waals surface area (Å²) in [5, 5.41) is 9.84. The molecule has 72 valence electrons. The molecule has 2 aromatic heterocycles. The van der Waals surface area contributed by atoms with Gasteiger partial charge in [-0.15, -0.1) is 21.5 Å². The largest absolute Gasteiger partial charge is 0.244 e. The number of halogens is 2. The average Bonchev–Trinajstić information content (AvgIpc) is 2.64. The van der Waals surface area contributed by atoms with E-state index in [1.807, 2.05) is 5.38 Å². The van der Waals surface area contributed by atoms with Crippen LogP contribution < -0.4 is 0 Å². The zero-order valence-corrected chi connectivity index (χ0v) is 9.66. The van der Waals surface area contributed by atoms with E-state index >= 15 is 0 Å². The van der Waals surface area contributed by atoms with Gasteiger partial charge in [-0.05, 0) is 23.4 Å². The number of hydrogen-bond acceptors (Lipinski definition) is 6. The van der Waals surface area contributed by atoms with Gasteiger partial charge in [0, 0.05) is 11.6 Å². The van der Waals surface area contributed by atoms with Crippen LogP contribution in [-0.2, 0) is 0 Å². The van der Waals surface area contributed by atoms with Gasteiger partial charge in [0.25, 0.3) is 0 Å². The molecule has 0 amide bonds. The van der Waals surface area contributed by atoms with E-state index < -0.39 is 0 Å². The molecule has 2 aromatic rings. The summed E-state index contributed by atoms with van der Waals surface area (Å²) >= 11 is 14.2. The molecule has 0 saturated carbocycles. The molecule has 0 unspecified atom stereocenters. The Morgan fingerprint density at radius 1 is 1.29 bits per heavy atom. The van der Waals surface area contributed by atoms with Crippen LogP contribution in [0.4, 0.5) is 0 Å². The van der Waals surface area contributed by atoms with E-state index in [0.29, 0.717) is 5.03 Å². The van der Waals surface area contributed by atoms with Crippen molar-refractivity contribution in [3.05, 3.63) is 22.0 Å². The molecule has 0 aliphatic rings. The molecule has 0 aromatic carbocycles. The predicted molar refractivity (Wildman–Crippen MR) is 56.1 cm³/mol. The van der Waals surface area contributed by atoms with Crippen LogP contribution in [0.25, 0.3) is 0 Å². The second kappa shape index (κ2) is 4.39. The summed E-state index contributed by atoms with van der Waals surface area (Å²) in [7, 11) is 0.